The van der Waals surface area contributed by atoms with Crippen molar-refractivity contribution in [3.8, 4) is 11.5 Å². The lowest BCUT2D eigenvalue weighted by Gasteiger charge is -2.42. The summed E-state index contributed by atoms with van der Waals surface area (Å²) in [6.07, 6.45) is -1.74. The number of methoxy groups -OCH3 is 2. The zero-order valence-electron chi connectivity index (χ0n) is 23.0. The van der Waals surface area contributed by atoms with Gasteiger partial charge < -0.3 is 43.7 Å². The van der Waals surface area contributed by atoms with Crippen LogP contribution in [-0.2, 0) is 20.8 Å². The molecule has 0 radical (unpaired) electrons. The SMILES string of the molecule is COCCCN1CCOc2ccc(CO[C@H]3CN(C(=O)O)C[C@@H](OCC(C)O)[C@@H]3c3ccc(OC)cc3)cc21. The van der Waals surface area contributed by atoms with Crippen molar-refractivity contribution in [3.05, 3.63) is 53.6 Å². The van der Waals surface area contributed by atoms with Gasteiger partial charge in [-0.2, -0.15) is 0 Å². The number of hydrogen-bond acceptors (Lipinski definition) is 8. The molecular formula is C29H40N2O8. The van der Waals surface area contributed by atoms with Crippen LogP contribution in [0.15, 0.2) is 42.5 Å². The Hall–Kier alpha value is -3.05. The molecule has 0 aromatic heterocycles. The van der Waals surface area contributed by atoms with Gasteiger partial charge in [0, 0.05) is 26.2 Å². The van der Waals surface area contributed by atoms with Crippen LogP contribution in [0.4, 0.5) is 10.5 Å². The lowest BCUT2D eigenvalue weighted by atomic mass is 9.84. The van der Waals surface area contributed by atoms with E-state index >= 15 is 0 Å². The molecule has 1 unspecified atom stereocenters. The molecule has 1 amide bonds. The van der Waals surface area contributed by atoms with Gasteiger partial charge in [-0.25, -0.2) is 4.79 Å². The topological polar surface area (TPSA) is 110 Å². The van der Waals surface area contributed by atoms with Crippen LogP contribution >= 0.6 is 0 Å². The number of carboxylic acid groups (broad SMARTS) is 1. The number of anilines is 1. The van der Waals surface area contributed by atoms with Gasteiger partial charge in [0.2, 0.25) is 0 Å². The van der Waals surface area contributed by atoms with Crippen LogP contribution in [0, 0.1) is 0 Å². The fourth-order valence-electron chi connectivity index (χ4n) is 5.21. The molecule has 0 aliphatic carbocycles. The Morgan fingerprint density at radius 3 is 2.51 bits per heavy atom. The first-order valence-corrected chi connectivity index (χ1v) is 13.4. The summed E-state index contributed by atoms with van der Waals surface area (Å²) in [5, 5.41) is 19.7. The second-order valence-corrected chi connectivity index (χ2v) is 10.0. The lowest BCUT2D eigenvalue weighted by Crippen LogP contribution is -2.54. The highest BCUT2D eigenvalue weighted by atomic mass is 16.5. The Morgan fingerprint density at radius 1 is 1.10 bits per heavy atom. The Bertz CT molecular complexity index is 1060. The van der Waals surface area contributed by atoms with E-state index in [0.29, 0.717) is 19.8 Å². The van der Waals surface area contributed by atoms with Crippen molar-refractivity contribution in [2.75, 3.05) is 65.1 Å². The smallest absolute Gasteiger partial charge is 0.407 e. The number of ether oxygens (including phenoxy) is 5. The standard InChI is InChI=1S/C29H40N2O8/c1-20(32)18-38-26-16-31(29(33)34)17-27(28(26)22-6-8-23(36-3)9-7-22)39-19-21-5-10-25-24(15-21)30(12-14-37-25)11-4-13-35-2/h5-10,15,20,26-28,32H,4,11-14,16-19H2,1-3H3,(H,33,34)/t20?,26-,27+,28+/m1/s1. The Morgan fingerprint density at radius 2 is 1.85 bits per heavy atom. The number of benzene rings is 2. The number of fused-ring (bicyclic) bond motifs is 1. The van der Waals surface area contributed by atoms with Gasteiger partial charge in [-0.15, -0.1) is 0 Å². The van der Waals surface area contributed by atoms with Gasteiger partial charge in [-0.05, 0) is 48.7 Å². The third-order valence-corrected chi connectivity index (χ3v) is 7.15. The van der Waals surface area contributed by atoms with Crippen LogP contribution in [0.1, 0.15) is 30.4 Å². The summed E-state index contributed by atoms with van der Waals surface area (Å²) in [4.78, 5) is 15.6. The number of piperidine rings is 1. The van der Waals surface area contributed by atoms with E-state index in [9.17, 15) is 15.0 Å². The molecule has 4 rings (SSSR count). The average molecular weight is 545 g/mol. The third kappa shape index (κ3) is 7.54. The van der Waals surface area contributed by atoms with Gasteiger partial charge in [0.25, 0.3) is 0 Å². The molecule has 2 heterocycles. The summed E-state index contributed by atoms with van der Waals surface area (Å²) in [6.45, 7) is 5.44. The Kier molecular flexibility index (Phi) is 10.3. The molecule has 2 aliphatic heterocycles. The fourth-order valence-corrected chi connectivity index (χ4v) is 5.21. The molecule has 1 saturated heterocycles. The van der Waals surface area contributed by atoms with E-state index in [0.717, 1.165) is 47.8 Å². The van der Waals surface area contributed by atoms with Crippen LogP contribution in [0.2, 0.25) is 0 Å². The number of likely N-dealkylation sites (tertiary alicyclic amines) is 1. The number of rotatable bonds is 12. The van der Waals surface area contributed by atoms with Gasteiger partial charge in [0.15, 0.2) is 0 Å². The van der Waals surface area contributed by atoms with Crippen LogP contribution in [0.3, 0.4) is 0 Å². The predicted octanol–water partition coefficient (Wildman–Crippen LogP) is 3.36. The van der Waals surface area contributed by atoms with E-state index in [1.165, 1.54) is 4.90 Å². The molecule has 4 atom stereocenters. The second kappa shape index (κ2) is 13.8. The Labute approximate surface area is 230 Å². The quantitative estimate of drug-likeness (QED) is 0.389. The van der Waals surface area contributed by atoms with Crippen molar-refractivity contribution < 1.29 is 38.7 Å². The fraction of sp³-hybridized carbons (Fsp3) is 0.552. The summed E-state index contributed by atoms with van der Waals surface area (Å²) in [5.74, 6) is 1.34. The maximum atomic E-state index is 12.0. The lowest BCUT2D eigenvalue weighted by molar-refractivity contribution is -0.101. The van der Waals surface area contributed by atoms with Crippen molar-refractivity contribution in [1.82, 2.24) is 4.90 Å². The molecule has 2 aromatic rings. The highest BCUT2D eigenvalue weighted by Crippen LogP contribution is 2.36. The van der Waals surface area contributed by atoms with Crippen molar-refractivity contribution in [1.29, 1.82) is 0 Å². The molecule has 214 valence electrons. The van der Waals surface area contributed by atoms with Crippen LogP contribution in [0.25, 0.3) is 0 Å². The minimum absolute atomic E-state index is 0.0984. The molecular weight excluding hydrogens is 504 g/mol. The molecule has 39 heavy (non-hydrogen) atoms. The Balaban J connectivity index is 1.56. The average Bonchev–Trinajstić information content (AvgIpc) is 2.94. The third-order valence-electron chi connectivity index (χ3n) is 7.15. The van der Waals surface area contributed by atoms with E-state index in [2.05, 4.69) is 11.0 Å². The molecule has 2 aliphatic rings. The number of hydrogen-bond donors (Lipinski definition) is 2. The maximum Gasteiger partial charge on any atom is 0.407 e. The van der Waals surface area contributed by atoms with Crippen LogP contribution < -0.4 is 14.4 Å². The van der Waals surface area contributed by atoms with Gasteiger partial charge >= 0.3 is 6.09 Å². The first-order valence-electron chi connectivity index (χ1n) is 13.4. The molecule has 0 spiro atoms. The predicted molar refractivity (Wildman–Crippen MR) is 146 cm³/mol. The summed E-state index contributed by atoms with van der Waals surface area (Å²) in [7, 11) is 3.32. The van der Waals surface area contributed by atoms with Gasteiger partial charge in [0.1, 0.15) is 18.1 Å². The molecule has 0 bridgehead atoms. The molecule has 10 heteroatoms. The second-order valence-electron chi connectivity index (χ2n) is 10.0. The van der Waals surface area contributed by atoms with Crippen molar-refractivity contribution in [2.45, 2.75) is 44.2 Å². The van der Waals surface area contributed by atoms with E-state index in [4.69, 9.17) is 23.7 Å². The number of carbonyl (C=O) groups is 1. The van der Waals surface area contributed by atoms with Crippen molar-refractivity contribution in [3.63, 3.8) is 0 Å². The summed E-state index contributed by atoms with van der Waals surface area (Å²) < 4.78 is 29.0. The molecule has 2 N–H and O–H groups in total. The minimum Gasteiger partial charge on any atom is -0.497 e. The van der Waals surface area contributed by atoms with E-state index in [1.807, 2.05) is 36.4 Å². The normalized spacial score (nSPS) is 21.7. The van der Waals surface area contributed by atoms with E-state index in [-0.39, 0.29) is 25.6 Å². The van der Waals surface area contributed by atoms with Crippen LogP contribution in [0.5, 0.6) is 11.5 Å². The zero-order chi connectivity index (χ0) is 27.8. The first kappa shape index (κ1) is 28.9. The number of amides is 1. The number of nitrogens with zero attached hydrogens (tertiary/aromatic N) is 2. The van der Waals surface area contributed by atoms with Crippen LogP contribution in [-0.4, -0.2) is 99.7 Å². The first-order chi connectivity index (χ1) is 18.9. The van der Waals surface area contributed by atoms with Gasteiger partial charge in [-0.1, -0.05) is 18.2 Å². The monoisotopic (exact) mass is 544 g/mol. The van der Waals surface area contributed by atoms with E-state index < -0.39 is 24.4 Å². The van der Waals surface area contributed by atoms with Crippen molar-refractivity contribution in [2.24, 2.45) is 0 Å². The highest BCUT2D eigenvalue weighted by Gasteiger charge is 2.41. The number of aliphatic hydroxyl groups is 1. The highest BCUT2D eigenvalue weighted by molar-refractivity contribution is 5.65. The minimum atomic E-state index is -1.03. The van der Waals surface area contributed by atoms with Crippen molar-refractivity contribution >= 4 is 11.8 Å². The molecule has 10 nitrogen and oxygen atoms in total. The molecule has 1 fully saturated rings. The molecule has 0 saturated carbocycles. The number of aliphatic hydroxyl groups excluding tert-OH is 1. The maximum absolute atomic E-state index is 12.0. The van der Waals surface area contributed by atoms with Gasteiger partial charge in [-0.3, -0.25) is 0 Å². The summed E-state index contributed by atoms with van der Waals surface area (Å²) in [6, 6.07) is 13.7. The summed E-state index contributed by atoms with van der Waals surface area (Å²) >= 11 is 0. The van der Waals surface area contributed by atoms with E-state index in [1.54, 1.807) is 21.1 Å². The largest absolute Gasteiger partial charge is 0.497 e. The zero-order valence-corrected chi connectivity index (χ0v) is 23.0. The molecule has 2 aromatic carbocycles. The summed E-state index contributed by atoms with van der Waals surface area (Å²) in [5.41, 5.74) is 2.96. The van der Waals surface area contributed by atoms with Gasteiger partial charge in [0.05, 0.1) is 64.0 Å².